The van der Waals surface area contributed by atoms with Crippen LogP contribution >= 0.6 is 0 Å². The Morgan fingerprint density at radius 2 is 1.90 bits per heavy atom. The Balaban J connectivity index is 1.90. The van der Waals surface area contributed by atoms with E-state index >= 15 is 0 Å². The Morgan fingerprint density at radius 1 is 1.10 bits per heavy atom. The molecule has 21 heavy (non-hydrogen) atoms. The third-order valence-electron chi connectivity index (χ3n) is 3.08. The van der Waals surface area contributed by atoms with Crippen LogP contribution in [0.3, 0.4) is 0 Å². The van der Waals surface area contributed by atoms with Gasteiger partial charge in [0.25, 0.3) is 0 Å². The summed E-state index contributed by atoms with van der Waals surface area (Å²) in [5, 5.41) is 3.10. The van der Waals surface area contributed by atoms with Gasteiger partial charge in [0.2, 0.25) is 0 Å². The zero-order valence-corrected chi connectivity index (χ0v) is 12.7. The number of aromatic nitrogens is 1. The second kappa shape index (κ2) is 8.22. The molecule has 0 bridgehead atoms. The van der Waals surface area contributed by atoms with Gasteiger partial charge in [0.05, 0.1) is 12.3 Å². The van der Waals surface area contributed by atoms with Crippen molar-refractivity contribution >= 4 is 12.2 Å². The number of aryl methyl sites for hydroxylation is 1. The fraction of sp³-hybridized carbons (Fsp3) is 0.278. The number of benzene rings is 1. The number of nitrogens with one attached hydrogen (secondary N) is 1. The summed E-state index contributed by atoms with van der Waals surface area (Å²) in [4.78, 5) is 4.45. The molecule has 0 spiro atoms. The van der Waals surface area contributed by atoms with Gasteiger partial charge in [-0.15, -0.1) is 0 Å². The largest absolute Gasteiger partial charge is 0.494 e. The molecular formula is C18H22N2O. The van der Waals surface area contributed by atoms with Crippen molar-refractivity contribution in [3.8, 4) is 5.75 Å². The highest BCUT2D eigenvalue weighted by Gasteiger charge is 1.94. The quantitative estimate of drug-likeness (QED) is 0.789. The van der Waals surface area contributed by atoms with Crippen molar-refractivity contribution < 1.29 is 4.74 Å². The van der Waals surface area contributed by atoms with Crippen LogP contribution < -0.4 is 10.1 Å². The monoisotopic (exact) mass is 282 g/mol. The van der Waals surface area contributed by atoms with E-state index in [9.17, 15) is 0 Å². The number of pyridine rings is 1. The van der Waals surface area contributed by atoms with Gasteiger partial charge >= 0.3 is 0 Å². The van der Waals surface area contributed by atoms with E-state index in [0.717, 1.165) is 42.3 Å². The molecule has 3 heteroatoms. The van der Waals surface area contributed by atoms with Gasteiger partial charge in [-0.05, 0) is 62.8 Å². The van der Waals surface area contributed by atoms with Gasteiger partial charge in [0.1, 0.15) is 5.75 Å². The van der Waals surface area contributed by atoms with Crippen LogP contribution in [0.1, 0.15) is 23.4 Å². The molecule has 0 aliphatic carbocycles. The number of nitrogens with zero attached hydrogens (tertiary/aromatic N) is 1. The summed E-state index contributed by atoms with van der Waals surface area (Å²) in [5.41, 5.74) is 3.14. The minimum Gasteiger partial charge on any atom is -0.494 e. The van der Waals surface area contributed by atoms with E-state index in [1.165, 1.54) is 0 Å². The summed E-state index contributed by atoms with van der Waals surface area (Å²) in [7, 11) is 1.95. The van der Waals surface area contributed by atoms with Gasteiger partial charge in [-0.25, -0.2) is 0 Å². The number of hydrogen-bond acceptors (Lipinski definition) is 3. The van der Waals surface area contributed by atoms with E-state index in [4.69, 9.17) is 4.74 Å². The molecule has 1 N–H and O–H groups in total. The maximum Gasteiger partial charge on any atom is 0.119 e. The molecule has 0 fully saturated rings. The molecular weight excluding hydrogens is 260 g/mol. The fourth-order valence-electron chi connectivity index (χ4n) is 1.95. The SMILES string of the molecule is CNCCCOc1ccc(C=Cc2cccc(C)n2)cc1. The molecule has 2 rings (SSSR count). The molecule has 0 saturated heterocycles. The molecule has 2 aromatic rings. The van der Waals surface area contributed by atoms with Gasteiger partial charge < -0.3 is 10.1 Å². The summed E-state index contributed by atoms with van der Waals surface area (Å²) in [6, 6.07) is 14.1. The van der Waals surface area contributed by atoms with Crippen LogP contribution in [0.2, 0.25) is 0 Å². The molecule has 0 unspecified atom stereocenters. The summed E-state index contributed by atoms with van der Waals surface area (Å²) in [6.07, 6.45) is 5.10. The van der Waals surface area contributed by atoms with E-state index in [0.29, 0.717) is 0 Å². The lowest BCUT2D eigenvalue weighted by Crippen LogP contribution is -2.11. The topological polar surface area (TPSA) is 34.1 Å². The zero-order chi connectivity index (χ0) is 14.9. The lowest BCUT2D eigenvalue weighted by Gasteiger charge is -2.05. The van der Waals surface area contributed by atoms with E-state index in [2.05, 4.69) is 28.5 Å². The van der Waals surface area contributed by atoms with Crippen molar-refractivity contribution in [2.24, 2.45) is 0 Å². The standard InChI is InChI=1S/C18H22N2O/c1-15-5-3-6-17(20-15)10-7-16-8-11-18(12-9-16)21-14-4-13-19-2/h3,5-12,19H,4,13-14H2,1-2H3. The molecule has 0 amide bonds. The predicted molar refractivity (Wildman–Crippen MR) is 88.4 cm³/mol. The Bertz CT molecular complexity index is 576. The van der Waals surface area contributed by atoms with Crippen molar-refractivity contribution in [1.29, 1.82) is 0 Å². The van der Waals surface area contributed by atoms with Gasteiger partial charge in [0.15, 0.2) is 0 Å². The molecule has 0 saturated carbocycles. The maximum atomic E-state index is 5.67. The highest BCUT2D eigenvalue weighted by atomic mass is 16.5. The van der Waals surface area contributed by atoms with Crippen molar-refractivity contribution in [3.05, 3.63) is 59.4 Å². The van der Waals surface area contributed by atoms with Gasteiger partial charge in [-0.1, -0.05) is 24.3 Å². The first kappa shape index (κ1) is 15.3. The zero-order valence-electron chi connectivity index (χ0n) is 12.7. The highest BCUT2D eigenvalue weighted by Crippen LogP contribution is 2.14. The predicted octanol–water partition coefficient (Wildman–Crippen LogP) is 3.55. The molecule has 0 aliphatic rings. The van der Waals surface area contributed by atoms with E-state index in [1.54, 1.807) is 0 Å². The summed E-state index contributed by atoms with van der Waals surface area (Å²) >= 11 is 0. The maximum absolute atomic E-state index is 5.67. The van der Waals surface area contributed by atoms with E-state index in [-0.39, 0.29) is 0 Å². The minimum absolute atomic E-state index is 0.739. The molecule has 110 valence electrons. The molecule has 0 radical (unpaired) electrons. The van der Waals surface area contributed by atoms with Crippen LogP contribution in [-0.2, 0) is 0 Å². The van der Waals surface area contributed by atoms with Crippen LogP contribution in [0.25, 0.3) is 12.2 Å². The minimum atomic E-state index is 0.739. The first-order chi connectivity index (χ1) is 10.3. The molecule has 0 atom stereocenters. The van der Waals surface area contributed by atoms with Gasteiger partial charge in [0, 0.05) is 5.69 Å². The second-order valence-corrected chi connectivity index (χ2v) is 4.91. The number of rotatable bonds is 7. The van der Waals surface area contributed by atoms with Crippen LogP contribution in [0.15, 0.2) is 42.5 Å². The third kappa shape index (κ3) is 5.40. The van der Waals surface area contributed by atoms with Crippen molar-refractivity contribution in [2.75, 3.05) is 20.2 Å². The molecule has 0 aliphatic heterocycles. The first-order valence-electron chi connectivity index (χ1n) is 7.27. The molecule has 3 nitrogen and oxygen atoms in total. The Kier molecular flexibility index (Phi) is 5.98. The van der Waals surface area contributed by atoms with Crippen LogP contribution in [-0.4, -0.2) is 25.2 Å². The Morgan fingerprint density at radius 3 is 2.62 bits per heavy atom. The lowest BCUT2D eigenvalue weighted by molar-refractivity contribution is 0.310. The number of ether oxygens (including phenoxy) is 1. The summed E-state index contributed by atoms with van der Waals surface area (Å²) in [5.74, 6) is 0.914. The van der Waals surface area contributed by atoms with E-state index < -0.39 is 0 Å². The Labute approximate surface area is 126 Å². The van der Waals surface area contributed by atoms with Crippen molar-refractivity contribution in [2.45, 2.75) is 13.3 Å². The first-order valence-corrected chi connectivity index (χ1v) is 7.27. The second-order valence-electron chi connectivity index (χ2n) is 4.91. The van der Waals surface area contributed by atoms with Crippen LogP contribution in [0, 0.1) is 6.92 Å². The average molecular weight is 282 g/mol. The van der Waals surface area contributed by atoms with Crippen molar-refractivity contribution in [1.82, 2.24) is 10.3 Å². The lowest BCUT2D eigenvalue weighted by atomic mass is 10.2. The average Bonchev–Trinajstić information content (AvgIpc) is 2.51. The Hall–Kier alpha value is -2.13. The normalized spacial score (nSPS) is 11.0. The summed E-state index contributed by atoms with van der Waals surface area (Å²) < 4.78 is 5.67. The highest BCUT2D eigenvalue weighted by molar-refractivity contribution is 5.68. The van der Waals surface area contributed by atoms with Gasteiger partial charge in [-0.3, -0.25) is 4.98 Å². The van der Waals surface area contributed by atoms with Crippen LogP contribution in [0.5, 0.6) is 5.75 Å². The van der Waals surface area contributed by atoms with Gasteiger partial charge in [-0.2, -0.15) is 0 Å². The van der Waals surface area contributed by atoms with Crippen molar-refractivity contribution in [3.63, 3.8) is 0 Å². The third-order valence-corrected chi connectivity index (χ3v) is 3.08. The molecule has 1 aromatic carbocycles. The summed E-state index contributed by atoms with van der Waals surface area (Å²) in [6.45, 7) is 3.71. The molecule has 1 aromatic heterocycles. The van der Waals surface area contributed by atoms with E-state index in [1.807, 2.05) is 50.4 Å². The van der Waals surface area contributed by atoms with Crippen LogP contribution in [0.4, 0.5) is 0 Å². The smallest absolute Gasteiger partial charge is 0.119 e. The fourth-order valence-corrected chi connectivity index (χ4v) is 1.95. The molecule has 1 heterocycles. The number of hydrogen-bond donors (Lipinski definition) is 1.